The fraction of sp³-hybridized carbons (Fsp3) is 0.111. The molecule has 3 rings (SSSR count). The van der Waals surface area contributed by atoms with Crippen molar-refractivity contribution in [1.29, 1.82) is 0 Å². The molecule has 1 aromatic heterocycles. The molecule has 116 valence electrons. The van der Waals surface area contributed by atoms with Gasteiger partial charge in [-0.25, -0.2) is 4.68 Å². The van der Waals surface area contributed by atoms with Gasteiger partial charge in [0.15, 0.2) is 0 Å². The van der Waals surface area contributed by atoms with Crippen LogP contribution in [-0.4, -0.2) is 9.78 Å². The minimum Gasteiger partial charge on any atom is -0.378 e. The molecule has 0 saturated heterocycles. The van der Waals surface area contributed by atoms with Crippen molar-refractivity contribution in [3.8, 4) is 0 Å². The van der Waals surface area contributed by atoms with Crippen molar-refractivity contribution in [2.45, 2.75) is 13.1 Å². The lowest BCUT2D eigenvalue weighted by Crippen LogP contribution is -2.24. The van der Waals surface area contributed by atoms with E-state index in [2.05, 4.69) is 10.4 Å². The summed E-state index contributed by atoms with van der Waals surface area (Å²) in [6.45, 7) is 0.989. The van der Waals surface area contributed by atoms with E-state index in [1.165, 1.54) is 4.68 Å². The van der Waals surface area contributed by atoms with Crippen LogP contribution in [0.5, 0.6) is 0 Å². The second kappa shape index (κ2) is 7.11. The molecule has 3 aromatic rings. The number of hydrogen-bond acceptors (Lipinski definition) is 3. The normalized spacial score (nSPS) is 10.5. The Bertz CT molecular complexity index is 832. The average Bonchev–Trinajstić information content (AvgIpc) is 2.60. The van der Waals surface area contributed by atoms with Gasteiger partial charge in [0.1, 0.15) is 5.02 Å². The Morgan fingerprint density at radius 3 is 2.22 bits per heavy atom. The molecule has 5 heteroatoms. The Labute approximate surface area is 139 Å². The molecule has 0 bridgehead atoms. The molecule has 0 aliphatic rings. The van der Waals surface area contributed by atoms with Crippen LogP contribution in [0.2, 0.25) is 5.02 Å². The number of hydrogen-bond donors (Lipinski definition) is 1. The Balaban J connectivity index is 1.76. The zero-order chi connectivity index (χ0) is 16.1. The number of anilines is 1. The number of benzene rings is 2. The predicted octanol–water partition coefficient (Wildman–Crippen LogP) is 3.56. The third-order valence-electron chi connectivity index (χ3n) is 3.49. The predicted molar refractivity (Wildman–Crippen MR) is 92.8 cm³/mol. The monoisotopic (exact) mass is 325 g/mol. The van der Waals surface area contributed by atoms with Crippen molar-refractivity contribution in [3.05, 3.63) is 93.4 Å². The number of rotatable bonds is 5. The third kappa shape index (κ3) is 3.79. The van der Waals surface area contributed by atoms with Crippen LogP contribution in [0, 0.1) is 0 Å². The lowest BCUT2D eigenvalue weighted by atomic mass is 10.2. The molecule has 0 spiro atoms. The molecule has 0 fully saturated rings. The summed E-state index contributed by atoms with van der Waals surface area (Å²) in [5, 5.41) is 7.52. The second-order valence-corrected chi connectivity index (χ2v) is 5.54. The summed E-state index contributed by atoms with van der Waals surface area (Å²) in [4.78, 5) is 12.3. The maximum absolute atomic E-state index is 12.3. The molecule has 0 aliphatic carbocycles. The molecular weight excluding hydrogens is 310 g/mol. The van der Waals surface area contributed by atoms with Crippen LogP contribution in [0.1, 0.15) is 11.1 Å². The summed E-state index contributed by atoms with van der Waals surface area (Å²) in [5.74, 6) is 0. The maximum atomic E-state index is 12.3. The molecule has 0 radical (unpaired) electrons. The summed E-state index contributed by atoms with van der Waals surface area (Å²) in [6.07, 6.45) is 1.59. The molecule has 1 heterocycles. The quantitative estimate of drug-likeness (QED) is 0.780. The Hall–Kier alpha value is -2.59. The molecule has 2 aromatic carbocycles. The van der Waals surface area contributed by atoms with E-state index in [1.54, 1.807) is 6.20 Å². The first-order valence-electron chi connectivity index (χ1n) is 7.31. The van der Waals surface area contributed by atoms with Gasteiger partial charge < -0.3 is 5.32 Å². The molecule has 1 N–H and O–H groups in total. The van der Waals surface area contributed by atoms with E-state index >= 15 is 0 Å². The standard InChI is InChI=1S/C18H16ClN3O/c19-17-16(20-11-14-7-3-1-4-8-14)12-21-22(18(17)23)13-15-9-5-2-6-10-15/h1-10,12,20H,11,13H2. The van der Waals surface area contributed by atoms with Crippen LogP contribution in [0.25, 0.3) is 0 Å². The molecular formula is C18H16ClN3O. The van der Waals surface area contributed by atoms with Gasteiger partial charge >= 0.3 is 0 Å². The first-order valence-corrected chi connectivity index (χ1v) is 7.69. The van der Waals surface area contributed by atoms with Crippen molar-refractivity contribution in [2.24, 2.45) is 0 Å². The van der Waals surface area contributed by atoms with Crippen molar-refractivity contribution in [1.82, 2.24) is 9.78 Å². The highest BCUT2D eigenvalue weighted by Gasteiger charge is 2.09. The van der Waals surface area contributed by atoms with Crippen LogP contribution in [-0.2, 0) is 13.1 Å². The van der Waals surface area contributed by atoms with Gasteiger partial charge in [-0.1, -0.05) is 72.3 Å². The van der Waals surface area contributed by atoms with Crippen molar-refractivity contribution >= 4 is 17.3 Å². The van der Waals surface area contributed by atoms with Gasteiger partial charge in [0.2, 0.25) is 0 Å². The van der Waals surface area contributed by atoms with Crippen molar-refractivity contribution in [3.63, 3.8) is 0 Å². The molecule has 0 atom stereocenters. The highest BCUT2D eigenvalue weighted by Crippen LogP contribution is 2.16. The molecule has 23 heavy (non-hydrogen) atoms. The van der Waals surface area contributed by atoms with E-state index in [0.29, 0.717) is 18.8 Å². The first-order chi connectivity index (χ1) is 11.2. The lowest BCUT2D eigenvalue weighted by Gasteiger charge is -2.10. The minimum absolute atomic E-state index is 0.159. The topological polar surface area (TPSA) is 46.9 Å². The van der Waals surface area contributed by atoms with Crippen LogP contribution >= 0.6 is 11.6 Å². The zero-order valence-corrected chi connectivity index (χ0v) is 13.2. The summed E-state index contributed by atoms with van der Waals surface area (Å²) >= 11 is 6.20. The van der Waals surface area contributed by atoms with E-state index in [0.717, 1.165) is 11.1 Å². The smallest absolute Gasteiger partial charge is 0.287 e. The van der Waals surface area contributed by atoms with E-state index in [1.807, 2.05) is 60.7 Å². The molecule has 4 nitrogen and oxygen atoms in total. The Morgan fingerprint density at radius 1 is 0.957 bits per heavy atom. The fourth-order valence-electron chi connectivity index (χ4n) is 2.25. The van der Waals surface area contributed by atoms with E-state index in [-0.39, 0.29) is 10.6 Å². The summed E-state index contributed by atoms with van der Waals surface area (Å²) in [7, 11) is 0. The SMILES string of the molecule is O=c1c(Cl)c(NCc2ccccc2)cnn1Cc1ccccc1. The molecule has 0 unspecified atom stereocenters. The second-order valence-electron chi connectivity index (χ2n) is 5.16. The molecule has 0 amide bonds. The molecule has 0 aliphatic heterocycles. The van der Waals surface area contributed by atoms with Gasteiger partial charge in [0.25, 0.3) is 5.56 Å². The van der Waals surface area contributed by atoms with Gasteiger partial charge in [-0.3, -0.25) is 4.79 Å². The van der Waals surface area contributed by atoms with E-state index in [4.69, 9.17) is 11.6 Å². The molecule has 0 saturated carbocycles. The number of nitrogens with one attached hydrogen (secondary N) is 1. The highest BCUT2D eigenvalue weighted by molar-refractivity contribution is 6.32. The average molecular weight is 326 g/mol. The summed E-state index contributed by atoms with van der Waals surface area (Å²) in [5.41, 5.74) is 2.36. The van der Waals surface area contributed by atoms with Crippen molar-refractivity contribution in [2.75, 3.05) is 5.32 Å². The van der Waals surface area contributed by atoms with E-state index < -0.39 is 0 Å². The van der Waals surface area contributed by atoms with Gasteiger partial charge in [0, 0.05) is 6.54 Å². The minimum atomic E-state index is -0.298. The fourth-order valence-corrected chi connectivity index (χ4v) is 2.46. The zero-order valence-electron chi connectivity index (χ0n) is 12.4. The number of halogens is 1. The Morgan fingerprint density at radius 2 is 1.57 bits per heavy atom. The van der Waals surface area contributed by atoms with Gasteiger partial charge in [0.05, 0.1) is 18.4 Å². The Kier molecular flexibility index (Phi) is 4.74. The lowest BCUT2D eigenvalue weighted by molar-refractivity contribution is 0.640. The van der Waals surface area contributed by atoms with Gasteiger partial charge in [-0.05, 0) is 11.1 Å². The van der Waals surface area contributed by atoms with Crippen LogP contribution in [0.4, 0.5) is 5.69 Å². The van der Waals surface area contributed by atoms with Gasteiger partial charge in [-0.15, -0.1) is 0 Å². The summed E-state index contributed by atoms with van der Waals surface area (Å²) < 4.78 is 1.37. The third-order valence-corrected chi connectivity index (χ3v) is 3.85. The van der Waals surface area contributed by atoms with Gasteiger partial charge in [-0.2, -0.15) is 5.10 Å². The summed E-state index contributed by atoms with van der Waals surface area (Å²) in [6, 6.07) is 19.6. The number of nitrogens with zero attached hydrogens (tertiary/aromatic N) is 2. The van der Waals surface area contributed by atoms with E-state index in [9.17, 15) is 4.79 Å². The van der Waals surface area contributed by atoms with Crippen LogP contribution in [0.15, 0.2) is 71.7 Å². The maximum Gasteiger partial charge on any atom is 0.287 e. The van der Waals surface area contributed by atoms with Crippen LogP contribution < -0.4 is 10.9 Å². The van der Waals surface area contributed by atoms with Crippen LogP contribution in [0.3, 0.4) is 0 Å². The highest BCUT2D eigenvalue weighted by atomic mass is 35.5. The van der Waals surface area contributed by atoms with Crippen molar-refractivity contribution < 1.29 is 0 Å². The first kappa shape index (κ1) is 15.3. The number of aromatic nitrogens is 2. The largest absolute Gasteiger partial charge is 0.378 e.